The quantitative estimate of drug-likeness (QED) is 0.743. The van der Waals surface area contributed by atoms with Crippen LogP contribution in [-0.2, 0) is 16.0 Å². The van der Waals surface area contributed by atoms with Gasteiger partial charge in [0, 0.05) is 17.3 Å². The van der Waals surface area contributed by atoms with Gasteiger partial charge >= 0.3 is 5.97 Å². The number of benzene rings is 2. The molecule has 3 rings (SSSR count). The molecule has 2 aromatic rings. The first-order valence-corrected chi connectivity index (χ1v) is 9.78. The molecule has 0 radical (unpaired) electrons. The van der Waals surface area contributed by atoms with Gasteiger partial charge in [0.2, 0.25) is 0 Å². The average Bonchev–Trinajstić information content (AvgIpc) is 3.18. The van der Waals surface area contributed by atoms with Gasteiger partial charge in [-0.3, -0.25) is 4.79 Å². The average molecular weight is 385 g/mol. The summed E-state index contributed by atoms with van der Waals surface area (Å²) in [5, 5.41) is 3.30. The molecule has 5 nitrogen and oxygen atoms in total. The summed E-state index contributed by atoms with van der Waals surface area (Å²) in [6, 6.07) is 13.2. The van der Waals surface area contributed by atoms with E-state index < -0.39 is 12.0 Å². The highest BCUT2D eigenvalue weighted by Crippen LogP contribution is 2.26. The maximum atomic E-state index is 11.5. The third-order valence-electron chi connectivity index (χ3n) is 4.36. The van der Waals surface area contributed by atoms with Gasteiger partial charge in [0.25, 0.3) is 0 Å². The lowest BCUT2D eigenvalue weighted by Gasteiger charge is -2.13. The lowest BCUT2D eigenvalue weighted by molar-refractivity contribution is -0.142. The van der Waals surface area contributed by atoms with Crippen LogP contribution in [0, 0.1) is 6.92 Å². The van der Waals surface area contributed by atoms with E-state index in [9.17, 15) is 4.79 Å². The van der Waals surface area contributed by atoms with E-state index in [1.165, 1.54) is 12.0 Å². The van der Waals surface area contributed by atoms with Gasteiger partial charge in [-0.25, -0.2) is 0 Å². The molecule has 1 atom stereocenters. The van der Waals surface area contributed by atoms with Crippen LogP contribution in [0.4, 0.5) is 0 Å². The van der Waals surface area contributed by atoms with E-state index in [1.54, 1.807) is 0 Å². The Hall–Kier alpha value is -2.28. The minimum atomic E-state index is -0.657. The monoisotopic (exact) mass is 384 g/mol. The number of hydrogen-bond acceptors (Lipinski definition) is 6. The molecule has 0 bridgehead atoms. The molecule has 0 saturated carbocycles. The molecule has 1 heterocycles. The van der Waals surface area contributed by atoms with Gasteiger partial charge in [0.15, 0.2) is 0 Å². The number of hydrogen-bond donors (Lipinski definition) is 2. The number of methoxy groups -OCH3 is 1. The number of ether oxygens (including phenoxy) is 2. The Balaban J connectivity index is 1.64. The van der Waals surface area contributed by atoms with Gasteiger partial charge in [-0.1, -0.05) is 18.2 Å². The van der Waals surface area contributed by atoms with Crippen LogP contribution < -0.4 is 15.8 Å². The number of aryl methyl sites for hydroxylation is 1. The van der Waals surface area contributed by atoms with E-state index in [4.69, 9.17) is 10.5 Å². The van der Waals surface area contributed by atoms with E-state index in [0.717, 1.165) is 40.6 Å². The molecule has 2 aromatic carbocycles. The Morgan fingerprint density at radius 1 is 1.26 bits per heavy atom. The first-order valence-electron chi connectivity index (χ1n) is 8.80. The fraction of sp³-hybridized carbons (Fsp3) is 0.286. The molecule has 27 heavy (non-hydrogen) atoms. The lowest BCUT2D eigenvalue weighted by atomic mass is 10.0. The van der Waals surface area contributed by atoms with Crippen molar-refractivity contribution >= 4 is 23.8 Å². The van der Waals surface area contributed by atoms with Crippen molar-refractivity contribution in [3.05, 3.63) is 64.1 Å². The first-order chi connectivity index (χ1) is 13.0. The summed E-state index contributed by atoms with van der Waals surface area (Å²) in [6.45, 7) is 2.92. The molecule has 1 unspecified atom stereocenters. The highest BCUT2D eigenvalue weighted by atomic mass is 32.2. The van der Waals surface area contributed by atoms with Crippen molar-refractivity contribution in [2.75, 3.05) is 19.5 Å². The van der Waals surface area contributed by atoms with E-state index in [0.29, 0.717) is 6.42 Å². The molecule has 1 fully saturated rings. The molecule has 0 aliphatic carbocycles. The van der Waals surface area contributed by atoms with Crippen molar-refractivity contribution in [2.45, 2.75) is 19.4 Å². The minimum absolute atomic E-state index is 0.406. The number of carbonyl (C=O) groups is 1. The highest BCUT2D eigenvalue weighted by Gasteiger charge is 2.15. The second-order valence-corrected chi connectivity index (χ2v) is 7.52. The van der Waals surface area contributed by atoms with E-state index in [1.807, 2.05) is 49.0 Å². The lowest BCUT2D eigenvalue weighted by Crippen LogP contribution is -2.33. The van der Waals surface area contributed by atoms with Crippen LogP contribution in [0.5, 0.6) is 11.5 Å². The fourth-order valence-electron chi connectivity index (χ4n) is 2.85. The van der Waals surface area contributed by atoms with Crippen LogP contribution in [0.3, 0.4) is 0 Å². The number of nitrogens with two attached hydrogens (primary N) is 1. The summed E-state index contributed by atoms with van der Waals surface area (Å²) in [5.41, 5.74) is 9.04. The predicted molar refractivity (Wildman–Crippen MR) is 110 cm³/mol. The van der Waals surface area contributed by atoms with Crippen molar-refractivity contribution in [2.24, 2.45) is 5.73 Å². The Morgan fingerprint density at radius 3 is 2.63 bits per heavy atom. The number of esters is 1. The number of carbonyl (C=O) groups excluding carboxylic acids is 1. The molecule has 0 amide bonds. The number of thioether (sulfide) groups is 1. The van der Waals surface area contributed by atoms with Gasteiger partial charge in [-0.2, -0.15) is 0 Å². The van der Waals surface area contributed by atoms with Crippen molar-refractivity contribution in [1.82, 2.24) is 5.32 Å². The van der Waals surface area contributed by atoms with Gasteiger partial charge in [-0.15, -0.1) is 11.8 Å². The van der Waals surface area contributed by atoms with Gasteiger partial charge in [0.1, 0.15) is 17.5 Å². The van der Waals surface area contributed by atoms with Crippen LogP contribution >= 0.6 is 11.8 Å². The molecule has 1 aliphatic heterocycles. The molecule has 142 valence electrons. The third kappa shape index (κ3) is 5.35. The summed E-state index contributed by atoms with van der Waals surface area (Å²) >= 11 is 1.84. The fourth-order valence-corrected chi connectivity index (χ4v) is 3.66. The maximum Gasteiger partial charge on any atom is 0.322 e. The van der Waals surface area contributed by atoms with Gasteiger partial charge in [0.05, 0.1) is 7.11 Å². The predicted octanol–water partition coefficient (Wildman–Crippen LogP) is 3.46. The summed E-state index contributed by atoms with van der Waals surface area (Å²) in [4.78, 5) is 12.8. The zero-order valence-corrected chi connectivity index (χ0v) is 16.3. The topological polar surface area (TPSA) is 73.6 Å². The van der Waals surface area contributed by atoms with Crippen LogP contribution in [-0.4, -0.2) is 31.5 Å². The summed E-state index contributed by atoms with van der Waals surface area (Å²) in [7, 11) is 1.34. The molecular formula is C21H24N2O3S. The highest BCUT2D eigenvalue weighted by molar-refractivity contribution is 8.03. The van der Waals surface area contributed by atoms with Crippen LogP contribution in [0.2, 0.25) is 0 Å². The second-order valence-electron chi connectivity index (χ2n) is 6.42. The Kier molecular flexibility index (Phi) is 6.55. The molecule has 6 heteroatoms. The molecular weight excluding hydrogens is 360 g/mol. The van der Waals surface area contributed by atoms with Crippen LogP contribution in [0.25, 0.3) is 6.08 Å². The molecule has 0 spiro atoms. The summed E-state index contributed by atoms with van der Waals surface area (Å²) in [5.74, 6) is 2.11. The maximum absolute atomic E-state index is 11.5. The molecule has 0 aromatic heterocycles. The van der Waals surface area contributed by atoms with Crippen molar-refractivity contribution in [1.29, 1.82) is 0 Å². The second kappa shape index (κ2) is 9.08. The third-order valence-corrected chi connectivity index (χ3v) is 5.34. The number of rotatable bonds is 6. The van der Waals surface area contributed by atoms with Crippen molar-refractivity contribution in [3.8, 4) is 11.5 Å². The zero-order valence-electron chi connectivity index (χ0n) is 15.5. The van der Waals surface area contributed by atoms with Crippen LogP contribution in [0.15, 0.2) is 47.4 Å². The number of nitrogens with one attached hydrogen (secondary N) is 1. The Bertz CT molecular complexity index is 826. The molecule has 1 saturated heterocycles. The van der Waals surface area contributed by atoms with E-state index in [2.05, 4.69) is 28.3 Å². The van der Waals surface area contributed by atoms with E-state index >= 15 is 0 Å². The van der Waals surface area contributed by atoms with Crippen molar-refractivity contribution < 1.29 is 14.3 Å². The van der Waals surface area contributed by atoms with Gasteiger partial charge < -0.3 is 20.5 Å². The smallest absolute Gasteiger partial charge is 0.322 e. The minimum Gasteiger partial charge on any atom is -0.468 e. The van der Waals surface area contributed by atoms with Crippen LogP contribution in [0.1, 0.15) is 16.7 Å². The SMILES string of the molecule is COC(=O)C(N)Cc1ccc(Oc2ccc(C=C3CNCS3)cc2)cc1C. The first kappa shape index (κ1) is 19.5. The largest absolute Gasteiger partial charge is 0.468 e. The zero-order chi connectivity index (χ0) is 19.2. The standard InChI is InChI=1S/C21H24N2O3S/c1-14-9-18(8-5-16(14)11-20(22)21(24)25-2)26-17-6-3-15(4-7-17)10-19-12-23-13-27-19/h3-10,20,23H,11-13,22H2,1-2H3. The summed E-state index contributed by atoms with van der Waals surface area (Å²) < 4.78 is 10.6. The van der Waals surface area contributed by atoms with Crippen molar-refractivity contribution in [3.63, 3.8) is 0 Å². The van der Waals surface area contributed by atoms with E-state index in [-0.39, 0.29) is 0 Å². The summed E-state index contributed by atoms with van der Waals surface area (Å²) in [6.07, 6.45) is 2.63. The molecule has 3 N–H and O–H groups in total. The molecule has 1 aliphatic rings. The Labute approximate surface area is 163 Å². The Morgan fingerprint density at radius 2 is 2.00 bits per heavy atom. The normalized spacial score (nSPS) is 16.3. The van der Waals surface area contributed by atoms with Gasteiger partial charge in [-0.05, 0) is 60.4 Å².